The zero-order valence-corrected chi connectivity index (χ0v) is 30.1. The quantitative estimate of drug-likeness (QED) is 0.0485. The molecule has 0 spiro atoms. The molecule has 3 saturated heterocycles. The molecule has 6 rings (SSSR count). The number of hydrogen-bond donors (Lipinski definition) is 5. The number of nitrogens with one attached hydrogen (secondary N) is 1. The van der Waals surface area contributed by atoms with E-state index >= 15 is 0 Å². The minimum absolute atomic E-state index is 0. The number of aliphatic hydroxyl groups is 1. The van der Waals surface area contributed by atoms with Gasteiger partial charge in [-0.2, -0.15) is 9.36 Å². The van der Waals surface area contributed by atoms with Crippen LogP contribution in [0.2, 0.25) is 0 Å². The van der Waals surface area contributed by atoms with Crippen LogP contribution in [-0.4, -0.2) is 153 Å². The number of carbonyl (C=O) groups is 5. The van der Waals surface area contributed by atoms with Gasteiger partial charge in [0.15, 0.2) is 23.3 Å². The second kappa shape index (κ2) is 14.9. The summed E-state index contributed by atoms with van der Waals surface area (Å²) in [6, 6.07) is -2.26. The summed E-state index contributed by atoms with van der Waals surface area (Å²) in [4.78, 5) is 83.6. The minimum atomic E-state index is -1.40. The molecule has 2 aromatic rings. The number of allylic oxidation sites excluding steroid dienone is 1. The van der Waals surface area contributed by atoms with Crippen molar-refractivity contribution in [2.75, 3.05) is 31.2 Å². The van der Waals surface area contributed by atoms with Gasteiger partial charge in [-0.25, -0.2) is 14.4 Å². The third kappa shape index (κ3) is 6.90. The number of anilines is 1. The molecule has 0 bridgehead atoms. The van der Waals surface area contributed by atoms with E-state index in [-0.39, 0.29) is 114 Å². The van der Waals surface area contributed by atoms with Crippen LogP contribution < -0.4 is 16.9 Å². The summed E-state index contributed by atoms with van der Waals surface area (Å²) in [6.45, 7) is 1.05. The van der Waals surface area contributed by atoms with Gasteiger partial charge in [-0.3, -0.25) is 19.3 Å². The average Bonchev–Trinajstić information content (AvgIpc) is 3.85. The van der Waals surface area contributed by atoms with Crippen LogP contribution in [0.15, 0.2) is 41.7 Å². The topological polar surface area (TPSA) is 285 Å². The molecule has 6 N–H and O–H groups in total. The number of aromatic nitrogens is 2. The molecule has 0 aliphatic carbocycles. The van der Waals surface area contributed by atoms with E-state index in [1.165, 1.54) is 29.7 Å². The van der Waals surface area contributed by atoms with Crippen LogP contribution in [0.4, 0.5) is 9.93 Å². The van der Waals surface area contributed by atoms with Crippen molar-refractivity contribution in [3.8, 4) is 0 Å². The number of amides is 4. The Kier molecular flexibility index (Phi) is 11.1. The van der Waals surface area contributed by atoms with Gasteiger partial charge in [-0.15, -0.1) is 11.8 Å². The van der Waals surface area contributed by atoms with E-state index in [4.69, 9.17) is 19.3 Å². The van der Waals surface area contributed by atoms with Crippen LogP contribution in [0.5, 0.6) is 0 Å². The van der Waals surface area contributed by atoms with E-state index in [2.05, 4.69) is 19.8 Å². The molecule has 4 amide bonds. The first-order valence-corrected chi connectivity index (χ1v) is 16.4. The number of nitrogen functional groups attached to an aromatic ring is 1. The van der Waals surface area contributed by atoms with E-state index in [0.29, 0.717) is 5.57 Å². The summed E-state index contributed by atoms with van der Waals surface area (Å²) < 4.78 is 18.7. The summed E-state index contributed by atoms with van der Waals surface area (Å²) in [7, 11) is 0. The van der Waals surface area contributed by atoms with Gasteiger partial charge in [0.05, 0.1) is 18.7 Å². The molecule has 261 valence electrons. The fourth-order valence-electron chi connectivity index (χ4n) is 6.04. The summed E-state index contributed by atoms with van der Waals surface area (Å²) in [5.41, 5.74) is 5.15. The number of fused-ring (bicyclic) bond motifs is 1. The normalized spacial score (nSPS) is 24.3. The van der Waals surface area contributed by atoms with Gasteiger partial charge in [-0.05, 0) is 31.4 Å². The molecule has 1 radical (unpaired) electrons. The second-order valence-electron chi connectivity index (χ2n) is 11.2. The van der Waals surface area contributed by atoms with Crippen molar-refractivity contribution >= 4 is 93.5 Å². The molecule has 6 heterocycles. The first-order chi connectivity index (χ1) is 23.4. The first-order valence-electron chi connectivity index (χ1n) is 14.6. The number of aryl methyl sites for hydroxylation is 1. The van der Waals surface area contributed by atoms with Crippen molar-refractivity contribution in [2.45, 2.75) is 49.9 Å². The molecule has 4 aliphatic rings. The van der Waals surface area contributed by atoms with E-state index in [0.717, 1.165) is 16.4 Å². The van der Waals surface area contributed by atoms with E-state index in [1.54, 1.807) is 4.90 Å². The number of carboxylic acids is 1. The molecule has 4 aliphatic heterocycles. The van der Waals surface area contributed by atoms with Gasteiger partial charge in [0, 0.05) is 65.5 Å². The molecule has 0 saturated carbocycles. The summed E-state index contributed by atoms with van der Waals surface area (Å²) >= 11 is 1.94. The Morgan fingerprint density at radius 3 is 2.62 bits per heavy atom. The number of rotatable bonds is 9. The predicted octanol–water partition coefficient (Wildman–Crippen LogP) is -1.56. The zero-order valence-electron chi connectivity index (χ0n) is 26.4. The maximum absolute atomic E-state index is 13.5. The monoisotopic (exact) mass is 743 g/mol. The number of oxime groups is 1. The van der Waals surface area contributed by atoms with Crippen LogP contribution in [0.1, 0.15) is 30.2 Å². The van der Waals surface area contributed by atoms with Crippen LogP contribution in [0.3, 0.4) is 0 Å². The number of thioether (sulfide) groups is 1. The van der Waals surface area contributed by atoms with Crippen LogP contribution >= 0.6 is 23.3 Å². The van der Waals surface area contributed by atoms with Gasteiger partial charge >= 0.3 is 17.9 Å². The number of ether oxygens (including phenoxy) is 1. The number of likely N-dealkylation sites (tertiary alicyclic amines) is 2. The van der Waals surface area contributed by atoms with Crippen molar-refractivity contribution in [3.63, 3.8) is 0 Å². The SMILES string of the molecule is Cc1oc(=O)oc1COC(=O)N1C[C@H](N2CCC(=CC3=C(C(=O)O)N4C(=O)[C@@H](NC(=O)C(=NO)c5nsc(N)n5)[C@H]4SC3)C2=O)C[C@H]1CO.[Na]. The van der Waals surface area contributed by atoms with E-state index in [1.807, 2.05) is 0 Å². The van der Waals surface area contributed by atoms with E-state index < -0.39 is 58.9 Å². The fraction of sp³-hybridized carbons (Fsp3) is 0.444. The van der Waals surface area contributed by atoms with Crippen LogP contribution in [0, 0.1) is 6.92 Å². The van der Waals surface area contributed by atoms with Crippen molar-refractivity contribution in [3.05, 3.63) is 50.9 Å². The van der Waals surface area contributed by atoms with Gasteiger partial charge in [-0.1, -0.05) is 5.16 Å². The van der Waals surface area contributed by atoms with Crippen molar-refractivity contribution < 1.29 is 53.0 Å². The molecule has 0 aromatic carbocycles. The number of β-lactam (4-membered cyclic amide) rings is 1. The van der Waals surface area contributed by atoms with Gasteiger partial charge in [0.25, 0.3) is 11.8 Å². The molecule has 3 fully saturated rings. The first kappa shape index (κ1) is 37.0. The van der Waals surface area contributed by atoms with Gasteiger partial charge in [0.1, 0.15) is 17.1 Å². The number of nitrogens with two attached hydrogens (primary N) is 1. The molecule has 23 heteroatoms. The molecule has 0 unspecified atom stereocenters. The van der Waals surface area contributed by atoms with Gasteiger partial charge < -0.3 is 49.8 Å². The third-order valence-electron chi connectivity index (χ3n) is 8.40. The molecule has 50 heavy (non-hydrogen) atoms. The predicted molar refractivity (Wildman–Crippen MR) is 171 cm³/mol. The van der Waals surface area contributed by atoms with Crippen LogP contribution in [-0.2, 0) is 30.5 Å². The number of hydrogen-bond acceptors (Lipinski definition) is 17. The fourth-order valence-corrected chi connectivity index (χ4v) is 7.78. The molecular formula is C27H28N8NaO12S2. The Labute approximate surface area is 311 Å². The van der Waals surface area contributed by atoms with Crippen LogP contribution in [0.25, 0.3) is 0 Å². The molecule has 20 nitrogen and oxygen atoms in total. The third-order valence-corrected chi connectivity index (χ3v) is 10.2. The van der Waals surface area contributed by atoms with Crippen molar-refractivity contribution in [1.29, 1.82) is 0 Å². The molecule has 4 atom stereocenters. The smallest absolute Gasteiger partial charge is 0.477 e. The average molecular weight is 744 g/mol. The summed E-state index contributed by atoms with van der Waals surface area (Å²) in [6.07, 6.45) is 1.19. The zero-order chi connectivity index (χ0) is 35.1. The largest absolute Gasteiger partial charge is 0.519 e. The number of aliphatic carboxylic acids is 1. The van der Waals surface area contributed by atoms with Crippen molar-refractivity contribution in [1.82, 2.24) is 29.4 Å². The number of aliphatic hydroxyl groups excluding tert-OH is 1. The Morgan fingerprint density at radius 1 is 1.24 bits per heavy atom. The standard InChI is InChI=1S/C27H28N8O12S2.Na/c1-10-15(47-27(43)46-10)8-45-26(42)34-6-13(5-14(34)7-36)33-3-2-11(21(33)38)4-12-9-48-23-17(22(39)35(23)18(12)24(40)41)29-20(37)16(31-44)19-30-25(28)49-32-19;/h4,13-14,17,23,36,44H,2-3,5-9H2,1H3,(H,29,37)(H,40,41)(H2,28,30,32);/t13-,14+,17-,23-;/m1./s1. The second-order valence-corrected chi connectivity index (χ2v) is 13.1. The van der Waals surface area contributed by atoms with Gasteiger partial charge in [0.2, 0.25) is 17.4 Å². The summed E-state index contributed by atoms with van der Waals surface area (Å²) in [5.74, 6) is -4.36. The number of nitrogens with zero attached hydrogens (tertiary/aromatic N) is 6. The Hall–Kier alpha value is -4.22. The summed E-state index contributed by atoms with van der Waals surface area (Å²) in [5, 5.41) is 33.9. The number of carboxylic acid groups (broad SMARTS) is 1. The Bertz CT molecular complexity index is 1890. The Balaban J connectivity index is 0.00000486. The van der Waals surface area contributed by atoms with Crippen molar-refractivity contribution in [2.24, 2.45) is 5.16 Å². The van der Waals surface area contributed by atoms with E-state index in [9.17, 15) is 44.2 Å². The number of carbonyl (C=O) groups excluding carboxylic acids is 4. The maximum Gasteiger partial charge on any atom is 0.519 e. The molecule has 2 aromatic heterocycles. The maximum atomic E-state index is 13.5. The Morgan fingerprint density at radius 2 is 2.00 bits per heavy atom. The minimum Gasteiger partial charge on any atom is -0.477 e. The molecular weight excluding hydrogens is 715 g/mol.